The fourth-order valence-corrected chi connectivity index (χ4v) is 2.28. The van der Waals surface area contributed by atoms with E-state index in [1.165, 1.54) is 38.9 Å². The highest BCUT2D eigenvalue weighted by Gasteiger charge is 2.27. The Morgan fingerprint density at radius 2 is 1.93 bits per heavy atom. The monoisotopic (exact) mass is 213 g/mol. The summed E-state index contributed by atoms with van der Waals surface area (Å²) >= 11 is 0. The average Bonchev–Trinajstić information content (AvgIpc) is 2.21. The predicted molar refractivity (Wildman–Crippen MR) is 65.0 cm³/mol. The second-order valence-corrected chi connectivity index (χ2v) is 5.50. The van der Waals surface area contributed by atoms with Crippen LogP contribution in [0.2, 0.25) is 0 Å². The van der Waals surface area contributed by atoms with Crippen LogP contribution >= 0.6 is 0 Å². The maximum atomic E-state index is 9.18. The quantitative estimate of drug-likeness (QED) is 0.759. The van der Waals surface area contributed by atoms with Crippen molar-refractivity contribution in [2.24, 2.45) is 5.41 Å². The van der Waals surface area contributed by atoms with Crippen LogP contribution in [0.3, 0.4) is 0 Å². The molecular weight excluding hydrogens is 186 g/mol. The molecule has 0 bridgehead atoms. The van der Waals surface area contributed by atoms with Gasteiger partial charge in [-0.3, -0.25) is 0 Å². The van der Waals surface area contributed by atoms with Crippen LogP contribution in [0.15, 0.2) is 0 Å². The number of rotatable bonds is 5. The van der Waals surface area contributed by atoms with Gasteiger partial charge < -0.3 is 10.0 Å². The van der Waals surface area contributed by atoms with E-state index < -0.39 is 0 Å². The third kappa shape index (κ3) is 4.52. The fourth-order valence-electron chi connectivity index (χ4n) is 2.28. The summed E-state index contributed by atoms with van der Waals surface area (Å²) in [7, 11) is 0. The zero-order chi connectivity index (χ0) is 11.3. The molecule has 90 valence electrons. The van der Waals surface area contributed by atoms with Gasteiger partial charge in [-0.05, 0) is 57.7 Å². The second-order valence-electron chi connectivity index (χ2n) is 5.50. The van der Waals surface area contributed by atoms with E-state index in [0.717, 1.165) is 12.8 Å². The second kappa shape index (κ2) is 5.86. The SMILES string of the molecule is CCC1(C)CCN(CCCC(C)O)CC1. The minimum Gasteiger partial charge on any atom is -0.393 e. The summed E-state index contributed by atoms with van der Waals surface area (Å²) in [5.74, 6) is 0. The van der Waals surface area contributed by atoms with E-state index in [4.69, 9.17) is 0 Å². The lowest BCUT2D eigenvalue weighted by Gasteiger charge is -2.39. The maximum absolute atomic E-state index is 9.18. The van der Waals surface area contributed by atoms with Gasteiger partial charge in [0, 0.05) is 0 Å². The molecule has 1 fully saturated rings. The number of nitrogens with zero attached hydrogens (tertiary/aromatic N) is 1. The fraction of sp³-hybridized carbons (Fsp3) is 1.00. The van der Waals surface area contributed by atoms with Gasteiger partial charge in [-0.25, -0.2) is 0 Å². The summed E-state index contributed by atoms with van der Waals surface area (Å²) in [6, 6.07) is 0. The molecule has 1 atom stereocenters. The number of hydrogen-bond acceptors (Lipinski definition) is 2. The van der Waals surface area contributed by atoms with Gasteiger partial charge in [-0.2, -0.15) is 0 Å². The van der Waals surface area contributed by atoms with Crippen LogP contribution in [0.1, 0.15) is 52.9 Å². The topological polar surface area (TPSA) is 23.5 Å². The molecule has 0 aliphatic carbocycles. The van der Waals surface area contributed by atoms with E-state index in [-0.39, 0.29) is 6.10 Å². The number of likely N-dealkylation sites (tertiary alicyclic amines) is 1. The van der Waals surface area contributed by atoms with Crippen molar-refractivity contribution in [3.05, 3.63) is 0 Å². The van der Waals surface area contributed by atoms with Gasteiger partial charge in [0.1, 0.15) is 0 Å². The van der Waals surface area contributed by atoms with E-state index in [9.17, 15) is 5.11 Å². The minimum atomic E-state index is -0.129. The summed E-state index contributed by atoms with van der Waals surface area (Å²) in [6.07, 6.45) is 5.96. The molecule has 0 aromatic rings. The van der Waals surface area contributed by atoms with Gasteiger partial charge in [-0.1, -0.05) is 20.3 Å². The van der Waals surface area contributed by atoms with Crippen LogP contribution in [0.4, 0.5) is 0 Å². The van der Waals surface area contributed by atoms with Crippen LogP contribution in [0.5, 0.6) is 0 Å². The van der Waals surface area contributed by atoms with Gasteiger partial charge in [0.2, 0.25) is 0 Å². The van der Waals surface area contributed by atoms with Gasteiger partial charge in [0.15, 0.2) is 0 Å². The third-order valence-corrected chi connectivity index (χ3v) is 4.01. The Hall–Kier alpha value is -0.0800. The van der Waals surface area contributed by atoms with Crippen LogP contribution in [0.25, 0.3) is 0 Å². The van der Waals surface area contributed by atoms with Gasteiger partial charge in [0.25, 0.3) is 0 Å². The number of piperidine rings is 1. The first-order valence-electron chi connectivity index (χ1n) is 6.46. The van der Waals surface area contributed by atoms with Crippen LogP contribution in [0, 0.1) is 5.41 Å². The van der Waals surface area contributed by atoms with Gasteiger partial charge in [-0.15, -0.1) is 0 Å². The van der Waals surface area contributed by atoms with E-state index >= 15 is 0 Å². The smallest absolute Gasteiger partial charge is 0.0512 e. The Balaban J connectivity index is 2.15. The molecule has 1 aliphatic rings. The summed E-state index contributed by atoms with van der Waals surface area (Å²) in [4.78, 5) is 2.56. The molecule has 0 amide bonds. The van der Waals surface area contributed by atoms with E-state index in [1.54, 1.807) is 0 Å². The molecule has 15 heavy (non-hydrogen) atoms. The predicted octanol–water partition coefficient (Wildman–Crippen LogP) is 2.66. The van der Waals surface area contributed by atoms with Crippen molar-refractivity contribution >= 4 is 0 Å². The maximum Gasteiger partial charge on any atom is 0.0512 e. The molecule has 1 aliphatic heterocycles. The zero-order valence-electron chi connectivity index (χ0n) is 10.6. The van der Waals surface area contributed by atoms with Gasteiger partial charge >= 0.3 is 0 Å². The Morgan fingerprint density at radius 3 is 2.40 bits per heavy atom. The Morgan fingerprint density at radius 1 is 1.33 bits per heavy atom. The number of aliphatic hydroxyl groups is 1. The Bertz CT molecular complexity index is 171. The van der Waals surface area contributed by atoms with Crippen LogP contribution in [-0.4, -0.2) is 35.7 Å². The number of hydrogen-bond donors (Lipinski definition) is 1. The molecule has 0 aromatic heterocycles. The van der Waals surface area contributed by atoms with E-state index in [0.29, 0.717) is 5.41 Å². The summed E-state index contributed by atoms with van der Waals surface area (Å²) < 4.78 is 0. The average molecular weight is 213 g/mol. The standard InChI is InChI=1S/C13H27NO/c1-4-13(3)7-10-14(11-8-13)9-5-6-12(2)15/h12,15H,4-11H2,1-3H3. The van der Waals surface area contributed by atoms with E-state index in [1.807, 2.05) is 6.92 Å². The highest BCUT2D eigenvalue weighted by molar-refractivity contribution is 4.81. The molecule has 2 heteroatoms. The van der Waals surface area contributed by atoms with E-state index in [2.05, 4.69) is 18.7 Å². The summed E-state index contributed by atoms with van der Waals surface area (Å²) in [5, 5.41) is 9.18. The molecule has 1 unspecified atom stereocenters. The summed E-state index contributed by atoms with van der Waals surface area (Å²) in [6.45, 7) is 10.3. The lowest BCUT2D eigenvalue weighted by molar-refractivity contribution is 0.107. The third-order valence-electron chi connectivity index (χ3n) is 4.01. The van der Waals surface area contributed by atoms with Crippen LogP contribution < -0.4 is 0 Å². The normalized spacial score (nSPS) is 24.0. The minimum absolute atomic E-state index is 0.129. The lowest BCUT2D eigenvalue weighted by Crippen LogP contribution is -2.38. The lowest BCUT2D eigenvalue weighted by atomic mass is 9.78. The van der Waals surface area contributed by atoms with Crippen molar-refractivity contribution in [2.75, 3.05) is 19.6 Å². The molecule has 1 saturated heterocycles. The molecule has 0 saturated carbocycles. The summed E-state index contributed by atoms with van der Waals surface area (Å²) in [5.41, 5.74) is 0.598. The molecule has 1 rings (SSSR count). The highest BCUT2D eigenvalue weighted by atomic mass is 16.3. The Kier molecular flexibility index (Phi) is 5.07. The molecule has 2 nitrogen and oxygen atoms in total. The molecule has 0 radical (unpaired) electrons. The van der Waals surface area contributed by atoms with Gasteiger partial charge in [0.05, 0.1) is 6.10 Å². The largest absolute Gasteiger partial charge is 0.393 e. The van der Waals surface area contributed by atoms with Crippen molar-refractivity contribution in [1.29, 1.82) is 0 Å². The molecule has 1 N–H and O–H groups in total. The first-order chi connectivity index (χ1) is 7.06. The Labute approximate surface area is 94.7 Å². The molecule has 1 heterocycles. The van der Waals surface area contributed by atoms with Crippen molar-refractivity contribution in [2.45, 2.75) is 59.0 Å². The van der Waals surface area contributed by atoms with Crippen molar-refractivity contribution in [1.82, 2.24) is 4.90 Å². The van der Waals surface area contributed by atoms with Crippen LogP contribution in [-0.2, 0) is 0 Å². The van der Waals surface area contributed by atoms with Crippen molar-refractivity contribution in [3.63, 3.8) is 0 Å². The first kappa shape index (κ1) is 13.0. The molecule has 0 aromatic carbocycles. The highest BCUT2D eigenvalue weighted by Crippen LogP contribution is 2.33. The molecular formula is C13H27NO. The zero-order valence-corrected chi connectivity index (χ0v) is 10.6. The molecule has 0 spiro atoms. The van der Waals surface area contributed by atoms with Crippen molar-refractivity contribution in [3.8, 4) is 0 Å². The number of aliphatic hydroxyl groups excluding tert-OH is 1. The van der Waals surface area contributed by atoms with Crippen molar-refractivity contribution < 1.29 is 5.11 Å². The first-order valence-corrected chi connectivity index (χ1v) is 6.46.